The minimum absolute atomic E-state index is 0.0223. The van der Waals surface area contributed by atoms with Crippen LogP contribution in [-0.2, 0) is 15.1 Å². The molecule has 0 amide bonds. The number of piperidine rings is 1. The van der Waals surface area contributed by atoms with Gasteiger partial charge in [0, 0.05) is 18.8 Å². The number of carboxylic acids is 2. The summed E-state index contributed by atoms with van der Waals surface area (Å²) in [7, 11) is 0. The molecule has 1 aromatic heterocycles. The van der Waals surface area contributed by atoms with Crippen LogP contribution in [0.2, 0.25) is 0 Å². The van der Waals surface area contributed by atoms with Gasteiger partial charge >= 0.3 is 11.9 Å². The fourth-order valence-corrected chi connectivity index (χ4v) is 2.22. The minimum Gasteiger partial charge on any atom is -0.475 e. The van der Waals surface area contributed by atoms with Gasteiger partial charge in [-0.1, -0.05) is 6.42 Å². The zero-order chi connectivity index (χ0) is 18.2. The SMILES string of the molecule is CC(C)(C)n1ccc(OCCN2CCCCC2)n1.O=C(O)C(=O)O. The monoisotopic (exact) mass is 341 g/mol. The van der Waals surface area contributed by atoms with E-state index in [1.807, 2.05) is 16.9 Å². The van der Waals surface area contributed by atoms with Crippen LogP contribution in [-0.4, -0.2) is 63.1 Å². The van der Waals surface area contributed by atoms with Gasteiger partial charge in [-0.2, -0.15) is 0 Å². The third-order valence-corrected chi connectivity index (χ3v) is 3.54. The Balaban J connectivity index is 0.000000413. The highest BCUT2D eigenvalue weighted by Gasteiger charge is 2.15. The summed E-state index contributed by atoms with van der Waals surface area (Å²) in [5.41, 5.74) is 0.0223. The van der Waals surface area contributed by atoms with E-state index >= 15 is 0 Å². The highest BCUT2D eigenvalue weighted by Crippen LogP contribution is 2.16. The van der Waals surface area contributed by atoms with Crippen LogP contribution in [0.3, 0.4) is 0 Å². The summed E-state index contributed by atoms with van der Waals surface area (Å²) in [6, 6.07) is 1.95. The van der Waals surface area contributed by atoms with Crippen LogP contribution in [0.5, 0.6) is 5.88 Å². The first-order chi connectivity index (χ1) is 11.2. The van der Waals surface area contributed by atoms with Crippen molar-refractivity contribution in [3.05, 3.63) is 12.3 Å². The smallest absolute Gasteiger partial charge is 0.414 e. The fourth-order valence-electron chi connectivity index (χ4n) is 2.22. The van der Waals surface area contributed by atoms with Crippen LogP contribution in [0.25, 0.3) is 0 Å². The van der Waals surface area contributed by atoms with Crippen LogP contribution in [0.1, 0.15) is 40.0 Å². The Morgan fingerprint density at radius 3 is 2.21 bits per heavy atom. The molecule has 0 aromatic carbocycles. The Morgan fingerprint density at radius 1 is 1.17 bits per heavy atom. The third-order valence-electron chi connectivity index (χ3n) is 3.54. The van der Waals surface area contributed by atoms with Crippen LogP contribution in [0.15, 0.2) is 12.3 Å². The van der Waals surface area contributed by atoms with E-state index in [-0.39, 0.29) is 5.54 Å². The molecule has 0 unspecified atom stereocenters. The molecule has 1 aliphatic rings. The lowest BCUT2D eigenvalue weighted by molar-refractivity contribution is -0.159. The second-order valence-electron chi connectivity index (χ2n) is 6.63. The maximum atomic E-state index is 9.10. The van der Waals surface area contributed by atoms with Crippen molar-refractivity contribution in [2.75, 3.05) is 26.2 Å². The molecular weight excluding hydrogens is 314 g/mol. The Hall–Kier alpha value is -2.09. The van der Waals surface area contributed by atoms with Gasteiger partial charge in [-0.15, -0.1) is 5.10 Å². The van der Waals surface area contributed by atoms with Crippen molar-refractivity contribution < 1.29 is 24.5 Å². The summed E-state index contributed by atoms with van der Waals surface area (Å²) in [5, 5.41) is 19.2. The molecule has 0 bridgehead atoms. The van der Waals surface area contributed by atoms with Gasteiger partial charge in [0.1, 0.15) is 6.61 Å². The van der Waals surface area contributed by atoms with Crippen molar-refractivity contribution in [1.29, 1.82) is 0 Å². The first-order valence-electron chi connectivity index (χ1n) is 8.07. The van der Waals surface area contributed by atoms with Crippen molar-refractivity contribution in [2.24, 2.45) is 0 Å². The molecule has 0 spiro atoms. The number of hydrogen-bond donors (Lipinski definition) is 2. The zero-order valence-corrected chi connectivity index (χ0v) is 14.6. The molecular formula is C16H27N3O5. The lowest BCUT2D eigenvalue weighted by atomic mass is 10.1. The molecule has 0 aliphatic carbocycles. The van der Waals surface area contributed by atoms with Gasteiger partial charge in [0.15, 0.2) is 0 Å². The Bertz CT molecular complexity index is 518. The van der Waals surface area contributed by atoms with Gasteiger partial charge in [-0.25, -0.2) is 9.59 Å². The quantitative estimate of drug-likeness (QED) is 0.802. The van der Waals surface area contributed by atoms with Gasteiger partial charge in [-0.05, 0) is 46.7 Å². The number of nitrogens with zero attached hydrogens (tertiary/aromatic N) is 3. The molecule has 2 N–H and O–H groups in total. The van der Waals surface area contributed by atoms with Crippen molar-refractivity contribution in [3.8, 4) is 5.88 Å². The number of aliphatic carboxylic acids is 2. The molecule has 8 heteroatoms. The highest BCUT2D eigenvalue weighted by molar-refractivity contribution is 6.27. The summed E-state index contributed by atoms with van der Waals surface area (Å²) in [4.78, 5) is 20.7. The summed E-state index contributed by atoms with van der Waals surface area (Å²) in [6.45, 7) is 10.6. The summed E-state index contributed by atoms with van der Waals surface area (Å²) >= 11 is 0. The number of carbonyl (C=O) groups is 2. The van der Waals surface area contributed by atoms with Crippen molar-refractivity contribution in [2.45, 2.75) is 45.6 Å². The van der Waals surface area contributed by atoms with E-state index < -0.39 is 11.9 Å². The first-order valence-corrected chi connectivity index (χ1v) is 8.07. The molecule has 0 radical (unpaired) electrons. The van der Waals surface area contributed by atoms with Gasteiger partial charge in [0.25, 0.3) is 0 Å². The Labute approximate surface area is 142 Å². The van der Waals surface area contributed by atoms with Crippen LogP contribution in [0.4, 0.5) is 0 Å². The molecule has 1 aliphatic heterocycles. The van der Waals surface area contributed by atoms with E-state index in [1.165, 1.54) is 32.4 Å². The van der Waals surface area contributed by atoms with E-state index in [0.29, 0.717) is 0 Å². The number of ether oxygens (including phenoxy) is 1. The molecule has 8 nitrogen and oxygen atoms in total. The highest BCUT2D eigenvalue weighted by atomic mass is 16.5. The molecule has 24 heavy (non-hydrogen) atoms. The van der Waals surface area contributed by atoms with Gasteiger partial charge in [0.2, 0.25) is 5.88 Å². The van der Waals surface area contributed by atoms with E-state index in [9.17, 15) is 0 Å². The predicted molar refractivity (Wildman–Crippen MR) is 88.3 cm³/mol. The molecule has 1 aromatic rings. The van der Waals surface area contributed by atoms with Gasteiger partial charge < -0.3 is 14.9 Å². The van der Waals surface area contributed by atoms with Crippen molar-refractivity contribution in [3.63, 3.8) is 0 Å². The van der Waals surface area contributed by atoms with E-state index in [1.54, 1.807) is 0 Å². The minimum atomic E-state index is -1.82. The summed E-state index contributed by atoms with van der Waals surface area (Å²) in [6.07, 6.45) is 6.03. The summed E-state index contributed by atoms with van der Waals surface area (Å²) in [5.74, 6) is -2.91. The first kappa shape index (κ1) is 20.0. The average Bonchev–Trinajstić information content (AvgIpc) is 2.98. The van der Waals surface area contributed by atoms with Crippen molar-refractivity contribution in [1.82, 2.24) is 14.7 Å². The van der Waals surface area contributed by atoms with Crippen molar-refractivity contribution >= 4 is 11.9 Å². The third kappa shape index (κ3) is 7.45. The van der Waals surface area contributed by atoms with Crippen LogP contribution in [0, 0.1) is 0 Å². The number of aromatic nitrogens is 2. The fraction of sp³-hybridized carbons (Fsp3) is 0.688. The molecule has 2 rings (SSSR count). The lowest BCUT2D eigenvalue weighted by Crippen LogP contribution is -2.33. The van der Waals surface area contributed by atoms with Crippen LogP contribution < -0.4 is 4.74 Å². The average molecular weight is 341 g/mol. The maximum Gasteiger partial charge on any atom is 0.414 e. The molecule has 0 atom stereocenters. The van der Waals surface area contributed by atoms with E-state index in [0.717, 1.165) is 19.0 Å². The molecule has 0 saturated carbocycles. The second-order valence-corrected chi connectivity index (χ2v) is 6.63. The predicted octanol–water partition coefficient (Wildman–Crippen LogP) is 1.66. The van der Waals surface area contributed by atoms with E-state index in [2.05, 4.69) is 30.8 Å². The lowest BCUT2D eigenvalue weighted by Gasteiger charge is -2.25. The van der Waals surface area contributed by atoms with Crippen LogP contribution >= 0.6 is 0 Å². The van der Waals surface area contributed by atoms with Gasteiger partial charge in [-0.3, -0.25) is 9.58 Å². The molecule has 2 heterocycles. The Kier molecular flexibility index (Phi) is 7.70. The van der Waals surface area contributed by atoms with Gasteiger partial charge in [0.05, 0.1) is 5.54 Å². The largest absolute Gasteiger partial charge is 0.475 e. The number of rotatable bonds is 4. The zero-order valence-electron chi connectivity index (χ0n) is 14.6. The number of hydrogen-bond acceptors (Lipinski definition) is 5. The van der Waals surface area contributed by atoms with E-state index in [4.69, 9.17) is 24.5 Å². The Morgan fingerprint density at radius 2 is 1.75 bits per heavy atom. The molecule has 1 saturated heterocycles. The number of likely N-dealkylation sites (tertiary alicyclic amines) is 1. The normalized spacial score (nSPS) is 15.3. The maximum absolute atomic E-state index is 9.10. The molecule has 1 fully saturated rings. The number of carboxylic acid groups (broad SMARTS) is 2. The topological polar surface area (TPSA) is 105 Å². The molecule has 136 valence electrons. The summed E-state index contributed by atoms with van der Waals surface area (Å²) < 4.78 is 7.66. The standard InChI is InChI=1S/C14H25N3O.C2H2O4/c1-14(2,3)17-10-7-13(15-17)18-12-11-16-8-5-4-6-9-16;3-1(4)2(5)6/h7,10H,4-6,8-9,11-12H2,1-3H3;(H,3,4)(H,5,6). The second kappa shape index (κ2) is 9.27.